The van der Waals surface area contributed by atoms with E-state index in [9.17, 15) is 10.2 Å². The van der Waals surface area contributed by atoms with Gasteiger partial charge in [-0.3, -0.25) is 0 Å². The SMILES string of the molecule is NC1=NC(OCC2(CO)CCC2)C=C(NCC2(CO)CCC2)N1. The number of ether oxygens (including phenoxy) is 1. The summed E-state index contributed by atoms with van der Waals surface area (Å²) in [5, 5.41) is 25.3. The number of aliphatic imine (C=N–C) groups is 1. The van der Waals surface area contributed by atoms with Gasteiger partial charge in [0.2, 0.25) is 0 Å². The molecule has 0 aromatic carbocycles. The van der Waals surface area contributed by atoms with Crippen molar-refractivity contribution in [3.63, 3.8) is 0 Å². The van der Waals surface area contributed by atoms with Crippen LogP contribution in [0, 0.1) is 10.8 Å². The van der Waals surface area contributed by atoms with Crippen LogP contribution in [-0.2, 0) is 4.74 Å². The lowest BCUT2D eigenvalue weighted by Crippen LogP contribution is -2.48. The zero-order valence-electron chi connectivity index (χ0n) is 13.6. The second-order valence-corrected chi connectivity index (χ2v) is 7.30. The summed E-state index contributed by atoms with van der Waals surface area (Å²) in [6, 6.07) is 0. The van der Waals surface area contributed by atoms with Crippen LogP contribution in [0.2, 0.25) is 0 Å². The second-order valence-electron chi connectivity index (χ2n) is 7.30. The van der Waals surface area contributed by atoms with E-state index in [2.05, 4.69) is 15.6 Å². The fourth-order valence-electron chi connectivity index (χ4n) is 3.35. The molecule has 1 heterocycles. The van der Waals surface area contributed by atoms with Gasteiger partial charge in [-0.15, -0.1) is 0 Å². The Balaban J connectivity index is 1.53. The lowest BCUT2D eigenvalue weighted by molar-refractivity contribution is -0.0574. The summed E-state index contributed by atoms with van der Waals surface area (Å²) in [6.45, 7) is 1.57. The molecule has 23 heavy (non-hydrogen) atoms. The number of rotatable bonds is 8. The predicted octanol–water partition coefficient (Wildman–Crippen LogP) is 0.00320. The fourth-order valence-corrected chi connectivity index (χ4v) is 3.35. The summed E-state index contributed by atoms with van der Waals surface area (Å²) in [4.78, 5) is 4.24. The van der Waals surface area contributed by atoms with E-state index in [0.717, 1.165) is 37.9 Å². The van der Waals surface area contributed by atoms with Crippen LogP contribution in [0.5, 0.6) is 0 Å². The van der Waals surface area contributed by atoms with Crippen molar-refractivity contribution < 1.29 is 14.9 Å². The lowest BCUT2D eigenvalue weighted by atomic mass is 9.69. The third-order valence-corrected chi connectivity index (χ3v) is 5.55. The molecule has 1 unspecified atom stereocenters. The first-order chi connectivity index (χ1) is 11.1. The average molecular weight is 324 g/mol. The van der Waals surface area contributed by atoms with Crippen LogP contribution >= 0.6 is 0 Å². The predicted molar refractivity (Wildman–Crippen MR) is 87.3 cm³/mol. The van der Waals surface area contributed by atoms with Gasteiger partial charge in [0.15, 0.2) is 12.2 Å². The van der Waals surface area contributed by atoms with Crippen molar-refractivity contribution in [2.45, 2.75) is 44.8 Å². The highest BCUT2D eigenvalue weighted by molar-refractivity contribution is 5.80. The van der Waals surface area contributed by atoms with Crippen LogP contribution in [-0.4, -0.2) is 48.8 Å². The van der Waals surface area contributed by atoms with E-state index in [0.29, 0.717) is 19.1 Å². The molecule has 3 rings (SSSR count). The van der Waals surface area contributed by atoms with E-state index in [-0.39, 0.29) is 24.0 Å². The molecule has 7 heteroatoms. The minimum Gasteiger partial charge on any atom is -0.396 e. The molecule has 0 saturated heterocycles. The van der Waals surface area contributed by atoms with Gasteiger partial charge >= 0.3 is 0 Å². The van der Waals surface area contributed by atoms with Gasteiger partial charge in [0.25, 0.3) is 0 Å². The van der Waals surface area contributed by atoms with E-state index in [4.69, 9.17) is 10.5 Å². The molecule has 7 nitrogen and oxygen atoms in total. The van der Waals surface area contributed by atoms with Gasteiger partial charge in [0.05, 0.1) is 19.8 Å². The Morgan fingerprint density at radius 3 is 2.39 bits per heavy atom. The topological polar surface area (TPSA) is 112 Å². The highest BCUT2D eigenvalue weighted by Gasteiger charge is 2.38. The van der Waals surface area contributed by atoms with Gasteiger partial charge in [-0.25, -0.2) is 4.99 Å². The molecule has 1 atom stereocenters. The van der Waals surface area contributed by atoms with Crippen molar-refractivity contribution in [3.05, 3.63) is 11.9 Å². The lowest BCUT2D eigenvalue weighted by Gasteiger charge is -2.41. The Kier molecular flexibility index (Phi) is 4.79. The first kappa shape index (κ1) is 16.5. The summed E-state index contributed by atoms with van der Waals surface area (Å²) in [5.41, 5.74) is 5.73. The molecular formula is C16H28N4O3. The Hall–Kier alpha value is -1.31. The highest BCUT2D eigenvalue weighted by Crippen LogP contribution is 2.41. The molecule has 2 saturated carbocycles. The largest absolute Gasteiger partial charge is 0.396 e. The molecule has 6 N–H and O–H groups in total. The maximum absolute atomic E-state index is 9.53. The number of nitrogens with one attached hydrogen (secondary N) is 2. The first-order valence-electron chi connectivity index (χ1n) is 8.48. The van der Waals surface area contributed by atoms with E-state index < -0.39 is 6.23 Å². The standard InChI is InChI=1S/C16H28N4O3/c17-14-19-12(18-8-15(9-21)3-1-4-15)7-13(20-14)23-11-16(10-22)5-2-6-16/h7,13,18,21-22H,1-6,8-11H2,(H3,17,19,20). The van der Waals surface area contributed by atoms with Gasteiger partial charge in [-0.2, -0.15) is 0 Å². The fraction of sp³-hybridized carbons (Fsp3) is 0.812. The molecule has 0 bridgehead atoms. The molecular weight excluding hydrogens is 296 g/mol. The molecule has 3 aliphatic rings. The smallest absolute Gasteiger partial charge is 0.197 e. The minimum atomic E-state index is -0.436. The summed E-state index contributed by atoms with van der Waals surface area (Å²) < 4.78 is 5.85. The maximum atomic E-state index is 9.53. The van der Waals surface area contributed by atoms with Crippen LogP contribution < -0.4 is 16.4 Å². The first-order valence-corrected chi connectivity index (χ1v) is 8.48. The van der Waals surface area contributed by atoms with Gasteiger partial charge in [-0.05, 0) is 25.7 Å². The van der Waals surface area contributed by atoms with E-state index in [1.807, 2.05) is 6.08 Å². The zero-order valence-corrected chi connectivity index (χ0v) is 13.6. The molecule has 2 aliphatic carbocycles. The Morgan fingerprint density at radius 2 is 1.87 bits per heavy atom. The van der Waals surface area contributed by atoms with E-state index in [1.54, 1.807) is 0 Å². The number of guanidine groups is 1. The molecule has 130 valence electrons. The molecule has 0 aromatic rings. The van der Waals surface area contributed by atoms with Crippen LogP contribution in [0.3, 0.4) is 0 Å². The summed E-state index contributed by atoms with van der Waals surface area (Å²) in [6.07, 6.45) is 7.85. The molecule has 0 amide bonds. The van der Waals surface area contributed by atoms with Gasteiger partial charge < -0.3 is 31.3 Å². The maximum Gasteiger partial charge on any atom is 0.197 e. The molecule has 0 aromatic heterocycles. The zero-order chi connectivity index (χ0) is 16.3. The highest BCUT2D eigenvalue weighted by atomic mass is 16.5. The number of nitrogens with two attached hydrogens (primary N) is 1. The van der Waals surface area contributed by atoms with Crippen molar-refractivity contribution in [1.29, 1.82) is 0 Å². The third kappa shape index (κ3) is 3.62. The second kappa shape index (κ2) is 6.67. The summed E-state index contributed by atoms with van der Waals surface area (Å²) in [5.74, 6) is 1.09. The van der Waals surface area contributed by atoms with Gasteiger partial charge in [0, 0.05) is 23.5 Å². The van der Waals surface area contributed by atoms with Crippen LogP contribution in [0.15, 0.2) is 16.9 Å². The Morgan fingerprint density at radius 1 is 1.22 bits per heavy atom. The summed E-state index contributed by atoms with van der Waals surface area (Å²) >= 11 is 0. The molecule has 2 fully saturated rings. The van der Waals surface area contributed by atoms with Crippen molar-refractivity contribution in [2.24, 2.45) is 21.6 Å². The van der Waals surface area contributed by atoms with Crippen LogP contribution in [0.1, 0.15) is 38.5 Å². The van der Waals surface area contributed by atoms with Crippen LogP contribution in [0.4, 0.5) is 0 Å². The minimum absolute atomic E-state index is 0.00486. The van der Waals surface area contributed by atoms with Crippen molar-refractivity contribution >= 4 is 5.96 Å². The van der Waals surface area contributed by atoms with Crippen molar-refractivity contribution in [2.75, 3.05) is 26.4 Å². The van der Waals surface area contributed by atoms with Crippen molar-refractivity contribution in [3.8, 4) is 0 Å². The normalized spacial score (nSPS) is 27.8. The Labute approximate surface area is 137 Å². The Bertz CT molecular complexity index is 473. The number of aliphatic hydroxyl groups excluding tert-OH is 2. The van der Waals surface area contributed by atoms with Crippen LogP contribution in [0.25, 0.3) is 0 Å². The van der Waals surface area contributed by atoms with Gasteiger partial charge in [-0.1, -0.05) is 12.8 Å². The molecule has 0 spiro atoms. The number of hydrogen-bond acceptors (Lipinski definition) is 7. The number of hydrogen-bond donors (Lipinski definition) is 5. The summed E-state index contributed by atoms with van der Waals surface area (Å²) in [7, 11) is 0. The molecule has 0 radical (unpaired) electrons. The van der Waals surface area contributed by atoms with Crippen molar-refractivity contribution in [1.82, 2.24) is 10.6 Å². The van der Waals surface area contributed by atoms with E-state index >= 15 is 0 Å². The quantitative estimate of drug-likeness (QED) is 0.430. The van der Waals surface area contributed by atoms with Gasteiger partial charge in [0.1, 0.15) is 5.82 Å². The van der Waals surface area contributed by atoms with E-state index in [1.165, 1.54) is 6.42 Å². The number of nitrogens with zero attached hydrogens (tertiary/aromatic N) is 1. The monoisotopic (exact) mass is 324 g/mol. The third-order valence-electron chi connectivity index (χ3n) is 5.55. The average Bonchev–Trinajstić information content (AvgIpc) is 2.45. The number of aliphatic hydroxyl groups is 2. The molecule has 1 aliphatic heterocycles.